The van der Waals surface area contributed by atoms with E-state index in [0.717, 1.165) is 0 Å². The van der Waals surface area contributed by atoms with Crippen molar-refractivity contribution in [3.05, 3.63) is 10.1 Å². The van der Waals surface area contributed by atoms with Gasteiger partial charge < -0.3 is 9.47 Å². The minimum Gasteiger partial charge on any atom is -0.374 e. The molecule has 0 amide bonds. The summed E-state index contributed by atoms with van der Waals surface area (Å²) in [5, 5.41) is -0.785. The molecular weight excluding hydrogens is 417 g/mol. The van der Waals surface area contributed by atoms with E-state index >= 15 is 0 Å². The van der Waals surface area contributed by atoms with Gasteiger partial charge in [-0.1, -0.05) is 46.4 Å². The molecule has 0 aromatic rings. The second-order valence-electron chi connectivity index (χ2n) is 5.45. The number of ether oxygens (including phenoxy) is 2. The fourth-order valence-corrected chi connectivity index (χ4v) is 8.92. The predicted octanol–water partition coefficient (Wildman–Crippen LogP) is 3.73. The molecule has 2 bridgehead atoms. The van der Waals surface area contributed by atoms with Crippen molar-refractivity contribution in [1.29, 1.82) is 0 Å². The monoisotopic (exact) mass is 430 g/mol. The highest BCUT2D eigenvalue weighted by molar-refractivity contribution is 6.67. The molecule has 21 heavy (non-hydrogen) atoms. The first-order valence-corrected chi connectivity index (χ1v) is 9.80. The van der Waals surface area contributed by atoms with Gasteiger partial charge in [0.1, 0.15) is 20.6 Å². The number of alkyl halides is 4. The fraction of sp³-hybridized carbons (Fsp3) is 0.833. The van der Waals surface area contributed by atoms with Crippen LogP contribution in [0.25, 0.3) is 0 Å². The molecule has 2 aliphatic carbocycles. The van der Waals surface area contributed by atoms with E-state index in [1.807, 2.05) is 13.8 Å². The third kappa shape index (κ3) is 1.67. The molecule has 9 heteroatoms. The van der Waals surface area contributed by atoms with Crippen molar-refractivity contribution in [3.8, 4) is 0 Å². The van der Waals surface area contributed by atoms with Crippen LogP contribution in [0.2, 0.25) is 0 Å². The first kappa shape index (κ1) is 18.9. The van der Waals surface area contributed by atoms with Crippen LogP contribution >= 0.6 is 69.6 Å². The summed E-state index contributed by atoms with van der Waals surface area (Å²) in [7, 11) is 0.435. The van der Waals surface area contributed by atoms with Crippen molar-refractivity contribution >= 4 is 79.8 Å². The standard InChI is InChI=1S/C12H16Cl6O2Si/c1-4-19-8(3)9(15)6(13)7(14)10(16,11(9,17)18)12(8,21)20-5-2/h4-5H2,1-3,21H3. The first-order valence-electron chi connectivity index (χ1n) is 6.53. The summed E-state index contributed by atoms with van der Waals surface area (Å²) in [6.07, 6.45) is 0. The lowest BCUT2D eigenvalue weighted by atomic mass is 9.85. The third-order valence-electron chi connectivity index (χ3n) is 4.75. The van der Waals surface area contributed by atoms with Gasteiger partial charge in [0.15, 0.2) is 4.33 Å². The molecule has 0 aliphatic heterocycles. The Kier molecular flexibility index (Phi) is 4.79. The van der Waals surface area contributed by atoms with Crippen LogP contribution < -0.4 is 0 Å². The van der Waals surface area contributed by atoms with Gasteiger partial charge in [0.2, 0.25) is 0 Å². The number of fused-ring (bicyclic) bond motifs is 2. The van der Waals surface area contributed by atoms with E-state index in [1.54, 1.807) is 6.92 Å². The minimum atomic E-state index is -1.67. The van der Waals surface area contributed by atoms with E-state index in [4.69, 9.17) is 79.1 Å². The van der Waals surface area contributed by atoms with Crippen molar-refractivity contribution in [2.45, 2.75) is 45.7 Å². The molecule has 4 unspecified atom stereocenters. The summed E-state index contributed by atoms with van der Waals surface area (Å²) in [5.74, 6) is 0. The Morgan fingerprint density at radius 3 is 1.76 bits per heavy atom. The van der Waals surface area contributed by atoms with E-state index < -0.39 is 24.9 Å². The average molecular weight is 433 g/mol. The molecule has 0 heterocycles. The Morgan fingerprint density at radius 1 is 0.905 bits per heavy atom. The summed E-state index contributed by atoms with van der Waals surface area (Å²) >= 11 is 39.6. The molecule has 4 atom stereocenters. The predicted molar refractivity (Wildman–Crippen MR) is 94.7 cm³/mol. The Bertz CT molecular complexity index is 472. The third-order valence-corrected chi connectivity index (χ3v) is 11.5. The highest BCUT2D eigenvalue weighted by atomic mass is 35.5. The first-order chi connectivity index (χ1) is 9.44. The number of halogens is 6. The van der Waals surface area contributed by atoms with Crippen LogP contribution in [-0.2, 0) is 9.47 Å². The Morgan fingerprint density at radius 2 is 1.33 bits per heavy atom. The molecule has 122 valence electrons. The van der Waals surface area contributed by atoms with Gasteiger partial charge in [0.25, 0.3) is 0 Å². The molecule has 2 rings (SSSR count). The fourth-order valence-electron chi connectivity index (χ4n) is 3.54. The van der Waals surface area contributed by atoms with Crippen molar-refractivity contribution in [2.75, 3.05) is 13.2 Å². The molecule has 0 saturated heterocycles. The maximum absolute atomic E-state index is 6.84. The Balaban J connectivity index is 2.86. The quantitative estimate of drug-likeness (QED) is 0.497. The summed E-state index contributed by atoms with van der Waals surface area (Å²) in [4.78, 5) is -2.95. The van der Waals surface area contributed by atoms with Crippen molar-refractivity contribution in [2.24, 2.45) is 0 Å². The molecule has 0 aromatic heterocycles. The van der Waals surface area contributed by atoms with Gasteiger partial charge in [-0.2, -0.15) is 0 Å². The van der Waals surface area contributed by atoms with Crippen LogP contribution in [0.1, 0.15) is 20.8 Å². The lowest BCUT2D eigenvalue weighted by molar-refractivity contribution is -0.154. The molecule has 2 nitrogen and oxygen atoms in total. The summed E-state index contributed by atoms with van der Waals surface area (Å²) in [5.41, 5.74) is -1.11. The van der Waals surface area contributed by atoms with Crippen molar-refractivity contribution in [1.82, 2.24) is 0 Å². The zero-order chi connectivity index (χ0) is 16.5. The molecule has 0 radical (unpaired) electrons. The topological polar surface area (TPSA) is 18.5 Å². The van der Waals surface area contributed by atoms with Crippen LogP contribution in [0.15, 0.2) is 10.1 Å². The van der Waals surface area contributed by atoms with Crippen LogP contribution in [0.3, 0.4) is 0 Å². The zero-order valence-electron chi connectivity index (χ0n) is 12.0. The lowest BCUT2D eigenvalue weighted by Crippen LogP contribution is -2.68. The second kappa shape index (κ2) is 5.31. The van der Waals surface area contributed by atoms with E-state index in [9.17, 15) is 0 Å². The summed E-state index contributed by atoms with van der Waals surface area (Å²) in [6.45, 7) is 6.24. The smallest absolute Gasteiger partial charge is 0.171 e. The maximum atomic E-state index is 6.84. The van der Waals surface area contributed by atoms with Crippen LogP contribution in [-0.4, -0.2) is 48.4 Å². The number of hydrogen-bond acceptors (Lipinski definition) is 2. The Labute approximate surface area is 157 Å². The molecule has 0 N–H and O–H groups in total. The second-order valence-corrected chi connectivity index (χ2v) is 10.1. The number of rotatable bonds is 4. The van der Waals surface area contributed by atoms with Gasteiger partial charge in [0, 0.05) is 13.2 Å². The van der Waals surface area contributed by atoms with E-state index in [2.05, 4.69) is 0 Å². The van der Waals surface area contributed by atoms with Crippen LogP contribution in [0.4, 0.5) is 0 Å². The maximum Gasteiger partial charge on any atom is 0.171 e. The van der Waals surface area contributed by atoms with Gasteiger partial charge in [-0.3, -0.25) is 0 Å². The minimum absolute atomic E-state index is 0.118. The molecule has 2 aliphatic rings. The molecule has 1 saturated carbocycles. The van der Waals surface area contributed by atoms with Gasteiger partial charge in [-0.15, -0.1) is 23.2 Å². The summed E-state index contributed by atoms with van der Waals surface area (Å²) < 4.78 is 10.3. The number of hydrogen-bond donors (Lipinski definition) is 0. The van der Waals surface area contributed by atoms with Crippen LogP contribution in [0, 0.1) is 0 Å². The normalized spacial score (nSPS) is 48.4. The van der Waals surface area contributed by atoms with Crippen LogP contribution in [0.5, 0.6) is 0 Å². The van der Waals surface area contributed by atoms with Gasteiger partial charge in [0.05, 0.1) is 20.3 Å². The zero-order valence-corrected chi connectivity index (χ0v) is 18.5. The van der Waals surface area contributed by atoms with E-state index in [-0.39, 0.29) is 10.1 Å². The Hall–Kier alpha value is 1.62. The van der Waals surface area contributed by atoms with E-state index in [0.29, 0.717) is 23.5 Å². The largest absolute Gasteiger partial charge is 0.374 e. The van der Waals surface area contributed by atoms with Gasteiger partial charge in [-0.25, -0.2) is 0 Å². The molecular formula is C12H16Cl6O2Si. The van der Waals surface area contributed by atoms with Gasteiger partial charge >= 0.3 is 0 Å². The molecule has 0 aromatic carbocycles. The summed E-state index contributed by atoms with van der Waals surface area (Å²) in [6, 6.07) is 0. The molecule has 1 fully saturated rings. The lowest BCUT2D eigenvalue weighted by Gasteiger charge is -2.52. The average Bonchev–Trinajstić information content (AvgIpc) is 2.55. The van der Waals surface area contributed by atoms with Crippen molar-refractivity contribution < 1.29 is 9.47 Å². The van der Waals surface area contributed by atoms with Gasteiger partial charge in [-0.05, 0) is 20.8 Å². The van der Waals surface area contributed by atoms with Crippen molar-refractivity contribution in [3.63, 3.8) is 0 Å². The SMILES string of the molecule is CCOC1(C)C([SiH3])(OCC)C2(Cl)C(Cl)=C(Cl)C1(Cl)C2(Cl)Cl. The molecule has 0 spiro atoms. The highest BCUT2D eigenvalue weighted by Crippen LogP contribution is 2.79. The highest BCUT2D eigenvalue weighted by Gasteiger charge is 2.92. The van der Waals surface area contributed by atoms with E-state index in [1.165, 1.54) is 0 Å².